The maximum absolute atomic E-state index is 12.7. The molecule has 8 saturated heterocycles. The number of fused-ring (bicyclic) bond motifs is 9. The first-order chi connectivity index (χ1) is 55.6. The number of carbonyl (C=O) groups is 2. The second-order valence-electron chi connectivity index (χ2n) is 31.0. The summed E-state index contributed by atoms with van der Waals surface area (Å²) in [7, 11) is -4.53. The van der Waals surface area contributed by atoms with Gasteiger partial charge in [-0.05, 0) is 152 Å². The summed E-state index contributed by atoms with van der Waals surface area (Å²) in [4.78, 5) is 45.6. The summed E-state index contributed by atoms with van der Waals surface area (Å²) in [5.41, 5.74) is 14.6. The molecule has 4 atom stereocenters. The third-order valence-corrected chi connectivity index (χ3v) is 24.7. The van der Waals surface area contributed by atoms with Crippen LogP contribution in [0.4, 0.5) is 32.5 Å². The van der Waals surface area contributed by atoms with E-state index in [2.05, 4.69) is 150 Å². The third kappa shape index (κ3) is 17.9. The van der Waals surface area contributed by atoms with Gasteiger partial charge in [0.2, 0.25) is 21.3 Å². The van der Waals surface area contributed by atoms with Crippen LogP contribution in [0.3, 0.4) is 0 Å². The molecule has 1 aliphatic carbocycles. The first kappa shape index (κ1) is 79.5. The molecule has 5 N–H and O–H groups in total. The Balaban J connectivity index is 0.000000130. The minimum Gasteiger partial charge on any atom is -0.480 e. The third-order valence-electron chi connectivity index (χ3n) is 20.2. The first-order valence-corrected chi connectivity index (χ1v) is 45.0. The van der Waals surface area contributed by atoms with Gasteiger partial charge >= 0.3 is 5.97 Å². The molecule has 1 saturated carbocycles. The van der Waals surface area contributed by atoms with E-state index in [0.717, 1.165) is 159 Å². The highest BCUT2D eigenvalue weighted by atomic mass is 32.2. The number of hydrogen-bond acceptors (Lipinski definition) is 31. The van der Waals surface area contributed by atoms with E-state index in [4.69, 9.17) is 30.6 Å². The molecule has 9 fully saturated rings. The summed E-state index contributed by atoms with van der Waals surface area (Å²) in [5, 5.41) is 95.4. The average Bonchev–Trinajstić information content (AvgIpc) is 1.03. The normalized spacial score (nSPS) is 18.4. The van der Waals surface area contributed by atoms with E-state index in [-0.39, 0.29) is 49.2 Å². The Morgan fingerprint density at radius 3 is 1.16 bits per heavy atom. The van der Waals surface area contributed by atoms with E-state index < -0.39 is 25.4 Å². The van der Waals surface area contributed by atoms with Gasteiger partial charge in [-0.25, -0.2) is 22.3 Å². The number of nitrogens with zero attached hydrogens (tertiary/aromatic N) is 24. The monoisotopic (exact) mass is 1650 g/mol. The van der Waals surface area contributed by atoms with Gasteiger partial charge in [0.1, 0.15) is 31.3 Å². The van der Waals surface area contributed by atoms with Crippen LogP contribution in [0.15, 0.2) is 119 Å². The van der Waals surface area contributed by atoms with Gasteiger partial charge in [-0.3, -0.25) is 33.0 Å². The summed E-state index contributed by atoms with van der Waals surface area (Å²) < 4.78 is 35.4. The molecule has 598 valence electrons. The number of carbonyl (C=O) groups excluding carboxylic acids is 1. The zero-order valence-corrected chi connectivity index (χ0v) is 69.5. The van der Waals surface area contributed by atoms with E-state index >= 15 is 0 Å². The topological polar surface area (TPSA) is 414 Å². The van der Waals surface area contributed by atoms with Crippen LogP contribution in [0.5, 0.6) is 0 Å². The predicted octanol–water partition coefficient (Wildman–Crippen LogP) is 10.5. The summed E-state index contributed by atoms with van der Waals surface area (Å²) in [5.74, 6) is 0.536. The van der Waals surface area contributed by atoms with Crippen molar-refractivity contribution in [1.82, 2.24) is 84.6 Å². The highest BCUT2D eigenvalue weighted by Crippen LogP contribution is 2.45. The van der Waals surface area contributed by atoms with E-state index in [1.54, 1.807) is 68.9 Å². The number of pyridine rings is 3. The Kier molecular flexibility index (Phi) is 22.8. The maximum atomic E-state index is 12.7. The first-order valence-electron chi connectivity index (χ1n) is 37.9. The SMILES string of the molecule is CC(C)Nc1cc(-c2ccc3cc(C#N)cnn23)ncc1-c1nnc(N2CC3CC(C2)N3)s1.CC(C)Nc1cc(-c2ccc3cc(C#N)cnn23)ncc1-c1nnc(N2CC3CC(C2)N3C(=O)CN=S(C)(C)=O)s1.CC(C)Nc1cc(-c2ccc3cc(C#N)cnn23)ncc1-c1nnc(N2CC3CC(C3)C2)s1.CS(C)(=O)=NCC(=O)O. The highest BCUT2D eigenvalue weighted by molar-refractivity contribution is 7.92. The van der Waals surface area contributed by atoms with Crippen LogP contribution in [-0.4, -0.2) is 224 Å². The zero-order chi connectivity index (χ0) is 81.4. The van der Waals surface area contributed by atoms with E-state index in [9.17, 15) is 23.3 Å². The fourth-order valence-corrected chi connectivity index (χ4v) is 18.6. The number of piperidine rings is 4. The molecule has 8 aliphatic heterocycles. The molecule has 38 heteroatoms. The summed E-state index contributed by atoms with van der Waals surface area (Å²) in [6, 6.07) is 31.7. The molecule has 9 aliphatic rings. The van der Waals surface area contributed by atoms with Crippen molar-refractivity contribution in [2.75, 3.05) is 108 Å². The smallest absolute Gasteiger partial charge is 0.326 e. The number of carboxylic acid groups (broad SMARTS) is 1. The Labute approximate surface area is 682 Å². The minimum atomic E-state index is -2.30. The molecular weight excluding hydrogens is 1570 g/mol. The maximum Gasteiger partial charge on any atom is 0.326 e. The van der Waals surface area contributed by atoms with Gasteiger partial charge in [-0.1, -0.05) is 34.0 Å². The van der Waals surface area contributed by atoms with Crippen LogP contribution in [-0.2, 0) is 29.0 Å². The van der Waals surface area contributed by atoms with Crippen LogP contribution in [0.25, 0.3) is 82.4 Å². The van der Waals surface area contributed by atoms with Crippen molar-refractivity contribution < 1.29 is 23.1 Å². The van der Waals surface area contributed by atoms with Gasteiger partial charge in [0, 0.05) is 150 Å². The molecule has 20 heterocycles. The number of nitrogens with one attached hydrogen (secondary N) is 4. The Bertz CT molecular complexity index is 5870. The fourth-order valence-electron chi connectivity index (χ4n) is 15.1. The molecule has 4 unspecified atom stereocenters. The number of aromatic nitrogens is 15. The van der Waals surface area contributed by atoms with Gasteiger partial charge in [-0.2, -0.15) is 31.1 Å². The number of anilines is 6. The lowest BCUT2D eigenvalue weighted by atomic mass is 9.71. The summed E-state index contributed by atoms with van der Waals surface area (Å²) >= 11 is 4.76. The molecule has 6 bridgehead atoms. The Hall–Kier alpha value is -11.7. The van der Waals surface area contributed by atoms with Crippen LogP contribution < -0.4 is 36.0 Å². The Morgan fingerprint density at radius 1 is 0.491 bits per heavy atom. The number of carboxylic acids is 1. The number of aliphatic carboxylic acids is 1. The molecular formula is C78H86N28O5S5. The molecule has 12 aromatic heterocycles. The van der Waals surface area contributed by atoms with Crippen LogP contribution >= 0.6 is 34.0 Å². The summed E-state index contributed by atoms with van der Waals surface area (Å²) in [6.07, 6.45) is 21.1. The van der Waals surface area contributed by atoms with Crippen molar-refractivity contribution in [2.45, 2.75) is 110 Å². The number of rotatable bonds is 19. The highest BCUT2D eigenvalue weighted by Gasteiger charge is 2.48. The fraction of sp³-hybridized carbons (Fsp3) is 0.397. The van der Waals surface area contributed by atoms with Crippen molar-refractivity contribution in [3.8, 4) is 84.1 Å². The van der Waals surface area contributed by atoms with Crippen LogP contribution in [0, 0.1) is 45.8 Å². The van der Waals surface area contributed by atoms with Gasteiger partial charge in [-0.15, -0.1) is 30.6 Å². The van der Waals surface area contributed by atoms with E-state index in [0.29, 0.717) is 41.9 Å². The molecule has 0 radical (unpaired) electrons. The van der Waals surface area contributed by atoms with Crippen molar-refractivity contribution >= 4 is 114 Å². The average molecular weight is 1660 g/mol. The number of nitriles is 3. The van der Waals surface area contributed by atoms with Crippen molar-refractivity contribution in [2.24, 2.45) is 20.6 Å². The van der Waals surface area contributed by atoms with Crippen molar-refractivity contribution in [3.05, 3.63) is 127 Å². The van der Waals surface area contributed by atoms with E-state index in [1.807, 2.05) is 94.7 Å². The minimum absolute atomic E-state index is 0.0353. The zero-order valence-electron chi connectivity index (χ0n) is 65.4. The van der Waals surface area contributed by atoms with E-state index in [1.165, 1.54) is 43.1 Å². The quantitative estimate of drug-likeness (QED) is 0.0502. The molecule has 1 amide bonds. The lowest BCUT2D eigenvalue weighted by Crippen LogP contribution is -2.70. The second kappa shape index (κ2) is 33.2. The number of amides is 1. The van der Waals surface area contributed by atoms with Gasteiger partial charge in [0.05, 0.1) is 115 Å². The molecule has 116 heavy (non-hydrogen) atoms. The van der Waals surface area contributed by atoms with Crippen LogP contribution in [0.1, 0.15) is 83.9 Å². The Morgan fingerprint density at radius 2 is 0.836 bits per heavy atom. The standard InChI is InChI=1S/C27H30N10O2S2.C24H24N8S.C23H23N9S.C4H9NO3S/c1-16(2)32-22-9-23(24-6-5-18-7-17(10-28)11-30-37(18)24)29-12-21(22)26-33-34-27(40-26)35-14-19-8-20(15-35)36(19)25(38)13-31-41(3,4)39;1-14(2)28-20-8-21(22-4-3-18-7-17(9-25)10-27-32(18)22)26-11-19(20)23-29-30-24(33-23)31-12-15-5-16(6-15)13-31;1-13(2)27-19-7-20(21-4-3-17-5-14(8-24)9-26-32(17)21)25-10-18(19)22-29-30-23(33-22)31-11-15-6-16(12-31)28-15;1-9(2,8)5-3-4(6)7/h5-7,9,11-12,16,19-20H,8,13-15H2,1-4H3,(H,29,32);3-4,7-8,10-11,14-16H,5-6,12-13H2,1-2H3,(H,26,28);3-5,7,9-10,13,15-16,28H,6,11-12H2,1-2H3,(H,25,27);3H2,1-2H3,(H,6,7). The largest absolute Gasteiger partial charge is 0.480 e. The predicted molar refractivity (Wildman–Crippen MR) is 452 cm³/mol. The van der Waals surface area contributed by atoms with Crippen LogP contribution in [0.2, 0.25) is 0 Å². The van der Waals surface area contributed by atoms with Gasteiger partial charge in [0.25, 0.3) is 0 Å². The number of hydrogen-bond donors (Lipinski definition) is 5. The molecule has 12 aromatic rings. The lowest BCUT2D eigenvalue weighted by molar-refractivity contribution is -0.144. The second-order valence-corrected chi connectivity index (χ2v) is 39.1. The molecule has 21 rings (SSSR count). The van der Waals surface area contributed by atoms with Crippen molar-refractivity contribution in [1.29, 1.82) is 15.8 Å². The lowest BCUT2D eigenvalue weighted by Gasteiger charge is -2.56. The molecule has 0 aromatic carbocycles. The molecule has 33 nitrogen and oxygen atoms in total. The van der Waals surface area contributed by atoms with Gasteiger partial charge < -0.3 is 46.0 Å². The van der Waals surface area contributed by atoms with Gasteiger partial charge in [0.15, 0.2) is 15.0 Å². The summed E-state index contributed by atoms with van der Waals surface area (Å²) in [6.45, 7) is 17.7. The van der Waals surface area contributed by atoms with Crippen molar-refractivity contribution in [3.63, 3.8) is 0 Å². The number of piperazine rings is 2. The molecule has 0 spiro atoms.